The Morgan fingerprint density at radius 1 is 1.07 bits per heavy atom. The van der Waals surface area contributed by atoms with E-state index in [0.717, 1.165) is 22.4 Å². The number of Topliss-reactive ketones (excluding diaryl/α,β-unsaturated/α-hetero) is 1. The Morgan fingerprint density at radius 2 is 1.90 bits per heavy atom. The van der Waals surface area contributed by atoms with Crippen molar-refractivity contribution in [2.24, 2.45) is 5.92 Å². The number of nitrogens with zero attached hydrogens (tertiary/aromatic N) is 3. The second kappa shape index (κ2) is 9.84. The highest BCUT2D eigenvalue weighted by Crippen LogP contribution is 2.26. The third kappa shape index (κ3) is 5.55. The quantitative estimate of drug-likeness (QED) is 0.560. The maximum absolute atomic E-state index is 12.6. The molecule has 30 heavy (non-hydrogen) atoms. The molecule has 3 aromatic rings. The number of pyridine rings is 1. The summed E-state index contributed by atoms with van der Waals surface area (Å²) in [7, 11) is 0. The summed E-state index contributed by atoms with van der Waals surface area (Å²) in [6.07, 6.45) is 4.78. The van der Waals surface area contributed by atoms with Gasteiger partial charge in [0.25, 0.3) is 0 Å². The number of carbonyl (C=O) groups is 2. The number of carbonyl (C=O) groups excluding carboxylic acids is 2. The van der Waals surface area contributed by atoms with Crippen molar-refractivity contribution in [3.8, 4) is 11.1 Å². The smallest absolute Gasteiger partial charge is 0.238 e. The van der Waals surface area contributed by atoms with Gasteiger partial charge in [-0.3, -0.25) is 14.6 Å². The van der Waals surface area contributed by atoms with Crippen molar-refractivity contribution in [3.63, 3.8) is 0 Å². The highest BCUT2D eigenvalue weighted by molar-refractivity contribution is 6.05. The maximum Gasteiger partial charge on any atom is 0.238 e. The molecule has 0 bridgehead atoms. The number of benzene rings is 1. The van der Waals surface area contributed by atoms with E-state index in [0.29, 0.717) is 12.2 Å². The predicted molar refractivity (Wildman–Crippen MR) is 116 cm³/mol. The first-order valence-corrected chi connectivity index (χ1v) is 9.81. The lowest BCUT2D eigenvalue weighted by atomic mass is 10.0. The van der Waals surface area contributed by atoms with Gasteiger partial charge in [-0.1, -0.05) is 43.7 Å². The first-order valence-electron chi connectivity index (χ1n) is 9.81. The highest BCUT2D eigenvalue weighted by Gasteiger charge is 2.19. The number of nitrogens with one attached hydrogen (secondary N) is 2. The van der Waals surface area contributed by atoms with Gasteiger partial charge in [-0.05, 0) is 24.6 Å². The predicted octanol–water partition coefficient (Wildman–Crippen LogP) is 3.41. The number of hydrogen-bond acceptors (Lipinski definition) is 6. The van der Waals surface area contributed by atoms with Crippen LogP contribution in [-0.2, 0) is 11.3 Å². The van der Waals surface area contributed by atoms with Gasteiger partial charge in [-0.15, -0.1) is 0 Å². The van der Waals surface area contributed by atoms with Crippen molar-refractivity contribution in [1.82, 2.24) is 20.3 Å². The van der Waals surface area contributed by atoms with E-state index in [4.69, 9.17) is 0 Å². The first kappa shape index (κ1) is 21.3. The minimum Gasteiger partial charge on any atom is -0.323 e. The van der Waals surface area contributed by atoms with E-state index in [1.54, 1.807) is 24.5 Å². The van der Waals surface area contributed by atoms with Crippen molar-refractivity contribution < 1.29 is 9.59 Å². The van der Waals surface area contributed by atoms with Gasteiger partial charge in [-0.25, -0.2) is 9.97 Å². The molecule has 154 valence electrons. The molecular weight excluding hydrogens is 378 g/mol. The molecule has 2 heterocycles. The number of aryl methyl sites for hydroxylation is 1. The van der Waals surface area contributed by atoms with Gasteiger partial charge in [0.1, 0.15) is 12.0 Å². The molecule has 0 aliphatic rings. The zero-order chi connectivity index (χ0) is 21.5. The maximum atomic E-state index is 12.6. The standard InChI is InChI=1S/C23H25N5O2/c1-15(2)23(30)22-20(10-18(11-26-22)17-6-4-5-16(3)9-17)28-21(29)13-25-12-19-7-8-24-14-27-19/h4-11,14-15,25H,12-13H2,1-3H3,(H,28,29). The Hall–Kier alpha value is -3.45. The summed E-state index contributed by atoms with van der Waals surface area (Å²) >= 11 is 0. The number of amides is 1. The van der Waals surface area contributed by atoms with Crippen LogP contribution in [0.15, 0.2) is 55.1 Å². The van der Waals surface area contributed by atoms with Gasteiger partial charge in [-0.2, -0.15) is 0 Å². The van der Waals surface area contributed by atoms with Crippen molar-refractivity contribution in [2.75, 3.05) is 11.9 Å². The molecule has 1 aromatic carbocycles. The van der Waals surface area contributed by atoms with E-state index in [-0.39, 0.29) is 29.8 Å². The summed E-state index contributed by atoms with van der Waals surface area (Å²) < 4.78 is 0. The number of aromatic nitrogens is 3. The van der Waals surface area contributed by atoms with Crippen molar-refractivity contribution in [3.05, 3.63) is 72.1 Å². The number of hydrogen-bond donors (Lipinski definition) is 2. The molecule has 0 unspecified atom stereocenters. The van der Waals surface area contributed by atoms with Crippen LogP contribution in [0.2, 0.25) is 0 Å². The van der Waals surface area contributed by atoms with Crippen LogP contribution in [0.3, 0.4) is 0 Å². The van der Waals surface area contributed by atoms with E-state index < -0.39 is 0 Å². The lowest BCUT2D eigenvalue weighted by molar-refractivity contribution is -0.115. The van der Waals surface area contributed by atoms with Crippen LogP contribution in [0.5, 0.6) is 0 Å². The summed E-state index contributed by atoms with van der Waals surface area (Å²) in [6, 6.07) is 11.6. The average molecular weight is 403 g/mol. The van der Waals surface area contributed by atoms with Crippen LogP contribution in [0.1, 0.15) is 35.6 Å². The third-order valence-electron chi connectivity index (χ3n) is 4.51. The topological polar surface area (TPSA) is 96.9 Å². The van der Waals surface area contributed by atoms with Crippen LogP contribution >= 0.6 is 0 Å². The monoisotopic (exact) mass is 403 g/mol. The minimum atomic E-state index is -0.259. The van der Waals surface area contributed by atoms with E-state index >= 15 is 0 Å². The molecule has 7 nitrogen and oxygen atoms in total. The van der Waals surface area contributed by atoms with Gasteiger partial charge >= 0.3 is 0 Å². The Balaban J connectivity index is 1.78. The largest absolute Gasteiger partial charge is 0.323 e. The van der Waals surface area contributed by atoms with Crippen LogP contribution in [0.25, 0.3) is 11.1 Å². The number of ketones is 1. The molecule has 0 spiro atoms. The lowest BCUT2D eigenvalue weighted by Gasteiger charge is -2.14. The summed E-state index contributed by atoms with van der Waals surface area (Å²) in [5.41, 5.74) is 4.41. The van der Waals surface area contributed by atoms with Crippen LogP contribution in [0.4, 0.5) is 5.69 Å². The zero-order valence-corrected chi connectivity index (χ0v) is 17.3. The van der Waals surface area contributed by atoms with Gasteiger partial charge in [0.05, 0.1) is 17.9 Å². The summed E-state index contributed by atoms with van der Waals surface area (Å²) in [4.78, 5) is 37.5. The van der Waals surface area contributed by atoms with Crippen molar-refractivity contribution in [1.29, 1.82) is 0 Å². The second-order valence-corrected chi connectivity index (χ2v) is 7.36. The molecule has 0 fully saturated rings. The Kier molecular flexibility index (Phi) is 6.98. The fraction of sp³-hybridized carbons (Fsp3) is 0.261. The molecule has 0 saturated carbocycles. The van der Waals surface area contributed by atoms with Crippen molar-refractivity contribution in [2.45, 2.75) is 27.3 Å². The van der Waals surface area contributed by atoms with E-state index in [2.05, 4.69) is 25.6 Å². The van der Waals surface area contributed by atoms with Gasteiger partial charge in [0, 0.05) is 30.4 Å². The molecule has 3 rings (SSSR count). The van der Waals surface area contributed by atoms with Crippen molar-refractivity contribution >= 4 is 17.4 Å². The third-order valence-corrected chi connectivity index (χ3v) is 4.51. The Morgan fingerprint density at radius 3 is 2.60 bits per heavy atom. The average Bonchev–Trinajstić information content (AvgIpc) is 2.74. The fourth-order valence-electron chi connectivity index (χ4n) is 2.93. The van der Waals surface area contributed by atoms with Crippen LogP contribution in [-0.4, -0.2) is 33.2 Å². The Bertz CT molecular complexity index is 1030. The van der Waals surface area contributed by atoms with Crippen LogP contribution < -0.4 is 10.6 Å². The molecule has 0 atom stereocenters. The molecule has 0 saturated heterocycles. The molecule has 2 N–H and O–H groups in total. The van der Waals surface area contributed by atoms with E-state index in [1.165, 1.54) is 6.33 Å². The normalized spacial score (nSPS) is 10.8. The molecule has 7 heteroatoms. The molecule has 0 aliphatic heterocycles. The summed E-state index contributed by atoms with van der Waals surface area (Å²) in [5.74, 6) is -0.603. The fourth-order valence-corrected chi connectivity index (χ4v) is 2.93. The summed E-state index contributed by atoms with van der Waals surface area (Å²) in [5, 5.41) is 5.88. The molecule has 1 amide bonds. The first-order chi connectivity index (χ1) is 14.4. The molecular formula is C23H25N5O2. The minimum absolute atomic E-state index is 0.0774. The molecule has 2 aromatic heterocycles. The summed E-state index contributed by atoms with van der Waals surface area (Å²) in [6.45, 7) is 6.16. The molecule has 0 aliphatic carbocycles. The van der Waals surface area contributed by atoms with E-state index in [1.807, 2.05) is 45.0 Å². The van der Waals surface area contributed by atoms with Gasteiger partial charge in [0.15, 0.2) is 5.78 Å². The second-order valence-electron chi connectivity index (χ2n) is 7.36. The molecule has 0 radical (unpaired) electrons. The highest BCUT2D eigenvalue weighted by atomic mass is 16.2. The number of anilines is 1. The van der Waals surface area contributed by atoms with E-state index in [9.17, 15) is 9.59 Å². The van der Waals surface area contributed by atoms with Gasteiger partial charge < -0.3 is 10.6 Å². The lowest BCUT2D eigenvalue weighted by Crippen LogP contribution is -2.29. The SMILES string of the molecule is Cc1cccc(-c2cnc(C(=O)C(C)C)c(NC(=O)CNCc3ccncn3)c2)c1. The van der Waals surface area contributed by atoms with Crippen LogP contribution in [0, 0.1) is 12.8 Å². The Labute approximate surface area is 176 Å². The zero-order valence-electron chi connectivity index (χ0n) is 17.3. The number of rotatable bonds is 8. The van der Waals surface area contributed by atoms with Gasteiger partial charge in [0.2, 0.25) is 5.91 Å².